The van der Waals surface area contributed by atoms with E-state index in [2.05, 4.69) is 4.74 Å². The number of hydrazine groups is 1. The number of carbonyl (C=O) groups is 1. The maximum Gasteiger partial charge on any atom is 0.355 e. The number of ether oxygens (including phenoxy) is 1. The van der Waals surface area contributed by atoms with Crippen LogP contribution >= 0.6 is 0 Å². The third kappa shape index (κ3) is 3.46. The number of carbonyl (C=O) groups excluding carboxylic acids is 1. The van der Waals surface area contributed by atoms with Gasteiger partial charge in [-0.25, -0.2) is 15.0 Å². The first kappa shape index (κ1) is 13.0. The summed E-state index contributed by atoms with van der Waals surface area (Å²) in [6, 6.07) is 5.87. The summed E-state index contributed by atoms with van der Waals surface area (Å²) < 4.78 is 18.0. The summed E-state index contributed by atoms with van der Waals surface area (Å²) >= 11 is 0. The Bertz CT molecular complexity index is 434. The van der Waals surface area contributed by atoms with E-state index in [0.29, 0.717) is 0 Å². The average molecular weight is 239 g/mol. The van der Waals surface area contributed by atoms with E-state index in [1.807, 2.05) is 0 Å². The molecule has 0 radical (unpaired) electrons. The quantitative estimate of drug-likeness (QED) is 0.352. The Balaban J connectivity index is 2.85. The molecule has 5 nitrogen and oxygen atoms in total. The van der Waals surface area contributed by atoms with E-state index < -0.39 is 11.8 Å². The minimum atomic E-state index is -0.695. The smallest absolute Gasteiger partial charge is 0.355 e. The van der Waals surface area contributed by atoms with Gasteiger partial charge in [0.15, 0.2) is 0 Å². The molecule has 0 bridgehead atoms. The van der Waals surface area contributed by atoms with Crippen LogP contribution in [0.1, 0.15) is 6.92 Å². The number of anilines is 1. The number of esters is 1. The molecule has 1 aromatic rings. The van der Waals surface area contributed by atoms with Crippen molar-refractivity contribution >= 4 is 11.7 Å². The number of hydrogen-bond donors (Lipinski definition) is 2. The second-order valence-electron chi connectivity index (χ2n) is 3.16. The van der Waals surface area contributed by atoms with Crippen molar-refractivity contribution in [1.82, 2.24) is 0 Å². The number of nitrogens with zero attached hydrogens (tertiary/aromatic N) is 1. The first-order valence-electron chi connectivity index (χ1n) is 4.99. The van der Waals surface area contributed by atoms with Crippen molar-refractivity contribution in [3.05, 3.63) is 42.0 Å². The average Bonchev–Trinajstić information content (AvgIpc) is 2.29. The van der Waals surface area contributed by atoms with E-state index in [9.17, 15) is 9.18 Å². The second-order valence-corrected chi connectivity index (χ2v) is 3.16. The molecule has 1 aromatic carbocycles. The fourth-order valence-electron chi connectivity index (χ4n) is 1.15. The molecule has 0 saturated carbocycles. The lowest BCUT2D eigenvalue weighted by molar-refractivity contribution is -0.138. The van der Waals surface area contributed by atoms with Crippen molar-refractivity contribution in [1.29, 1.82) is 0 Å². The van der Waals surface area contributed by atoms with Crippen LogP contribution in [0.25, 0.3) is 0 Å². The molecule has 4 N–H and O–H groups in total. The van der Waals surface area contributed by atoms with E-state index in [0.717, 1.165) is 11.2 Å². The summed E-state index contributed by atoms with van der Waals surface area (Å²) in [6.45, 7) is 1.86. The predicted molar refractivity (Wildman–Crippen MR) is 62.0 cm³/mol. The van der Waals surface area contributed by atoms with Gasteiger partial charge in [-0.2, -0.15) is 0 Å². The van der Waals surface area contributed by atoms with Crippen LogP contribution in [0.3, 0.4) is 0 Å². The Morgan fingerprint density at radius 3 is 2.76 bits per heavy atom. The third-order valence-corrected chi connectivity index (χ3v) is 1.92. The van der Waals surface area contributed by atoms with Gasteiger partial charge in [0.05, 0.1) is 18.5 Å². The Labute approximate surface area is 98.4 Å². The molecular weight excluding hydrogens is 225 g/mol. The summed E-state index contributed by atoms with van der Waals surface area (Å²) in [6.07, 6.45) is 1.11. The number of nitrogens with two attached hydrogens (primary N) is 2. The van der Waals surface area contributed by atoms with Crippen molar-refractivity contribution in [3.8, 4) is 0 Å². The predicted octanol–water partition coefficient (Wildman–Crippen LogP) is 0.869. The lowest BCUT2D eigenvalue weighted by Gasteiger charge is -2.15. The van der Waals surface area contributed by atoms with Crippen LogP contribution in [-0.2, 0) is 9.53 Å². The topological polar surface area (TPSA) is 81.6 Å². The highest BCUT2D eigenvalue weighted by Crippen LogP contribution is 2.16. The van der Waals surface area contributed by atoms with E-state index in [-0.39, 0.29) is 18.0 Å². The molecule has 1 rings (SSSR count). The third-order valence-electron chi connectivity index (χ3n) is 1.92. The zero-order chi connectivity index (χ0) is 12.8. The monoisotopic (exact) mass is 239 g/mol. The van der Waals surface area contributed by atoms with Gasteiger partial charge < -0.3 is 10.5 Å². The Kier molecular flexibility index (Phi) is 4.47. The van der Waals surface area contributed by atoms with Gasteiger partial charge in [-0.1, -0.05) is 12.1 Å². The van der Waals surface area contributed by atoms with Gasteiger partial charge in [-0.3, -0.25) is 5.01 Å². The molecule has 0 aliphatic carbocycles. The zero-order valence-corrected chi connectivity index (χ0v) is 9.39. The van der Waals surface area contributed by atoms with Crippen molar-refractivity contribution < 1.29 is 13.9 Å². The van der Waals surface area contributed by atoms with Crippen molar-refractivity contribution in [3.63, 3.8) is 0 Å². The van der Waals surface area contributed by atoms with Crippen LogP contribution in [0.2, 0.25) is 0 Å². The number of hydrogen-bond acceptors (Lipinski definition) is 5. The van der Waals surface area contributed by atoms with Gasteiger partial charge in [0.1, 0.15) is 11.5 Å². The fraction of sp³-hybridized carbons (Fsp3) is 0.182. The number of halogens is 1. The van der Waals surface area contributed by atoms with Crippen LogP contribution in [0.5, 0.6) is 0 Å². The van der Waals surface area contributed by atoms with E-state index >= 15 is 0 Å². The first-order chi connectivity index (χ1) is 8.06. The zero-order valence-electron chi connectivity index (χ0n) is 9.39. The Morgan fingerprint density at radius 2 is 2.18 bits per heavy atom. The lowest BCUT2D eigenvalue weighted by Crippen LogP contribution is -2.29. The van der Waals surface area contributed by atoms with E-state index in [1.165, 1.54) is 18.2 Å². The minimum absolute atomic E-state index is 0.111. The maximum atomic E-state index is 13.3. The highest BCUT2D eigenvalue weighted by molar-refractivity contribution is 5.87. The Hall–Kier alpha value is -2.08. The normalized spacial score (nSPS) is 11.1. The number of rotatable bonds is 4. The lowest BCUT2D eigenvalue weighted by atomic mass is 10.3. The number of benzene rings is 1. The SMILES string of the molecule is CCOC(=O)/C(N)=C/N(N)c1ccccc1F. The van der Waals surface area contributed by atoms with Crippen molar-refractivity contribution in [2.24, 2.45) is 11.6 Å². The molecule has 92 valence electrons. The maximum absolute atomic E-state index is 13.3. The molecule has 0 aromatic heterocycles. The van der Waals surface area contributed by atoms with E-state index in [1.54, 1.807) is 13.0 Å². The molecule has 0 fully saturated rings. The first-order valence-corrected chi connectivity index (χ1v) is 4.99. The summed E-state index contributed by atoms with van der Waals surface area (Å²) in [7, 11) is 0. The molecule has 0 amide bonds. The molecule has 0 aliphatic rings. The molecule has 0 saturated heterocycles. The molecule has 0 atom stereocenters. The highest BCUT2D eigenvalue weighted by atomic mass is 19.1. The van der Waals surface area contributed by atoms with Gasteiger partial charge in [0.25, 0.3) is 0 Å². The van der Waals surface area contributed by atoms with Crippen LogP contribution in [0.15, 0.2) is 36.2 Å². The largest absolute Gasteiger partial charge is 0.461 e. The van der Waals surface area contributed by atoms with Gasteiger partial charge in [-0.15, -0.1) is 0 Å². The standard InChI is InChI=1S/C11H14FN3O2/c1-2-17-11(16)9(13)7-15(14)10-6-4-3-5-8(10)12/h3-7H,2,13-14H2,1H3/b9-7-. The van der Waals surface area contributed by atoms with Crippen LogP contribution in [-0.4, -0.2) is 12.6 Å². The van der Waals surface area contributed by atoms with Crippen LogP contribution in [0, 0.1) is 5.82 Å². The second kappa shape index (κ2) is 5.86. The molecular formula is C11H14FN3O2. The Morgan fingerprint density at radius 1 is 1.53 bits per heavy atom. The van der Waals surface area contributed by atoms with Gasteiger partial charge >= 0.3 is 5.97 Å². The van der Waals surface area contributed by atoms with Crippen LogP contribution < -0.4 is 16.6 Å². The van der Waals surface area contributed by atoms with Gasteiger partial charge in [-0.05, 0) is 19.1 Å². The van der Waals surface area contributed by atoms with E-state index in [4.69, 9.17) is 11.6 Å². The molecule has 0 spiro atoms. The fourth-order valence-corrected chi connectivity index (χ4v) is 1.15. The van der Waals surface area contributed by atoms with Crippen molar-refractivity contribution in [2.45, 2.75) is 6.92 Å². The van der Waals surface area contributed by atoms with Gasteiger partial charge in [0, 0.05) is 0 Å². The molecule has 6 heteroatoms. The number of para-hydroxylation sites is 1. The summed E-state index contributed by atoms with van der Waals surface area (Å²) in [5.41, 5.74) is 5.35. The summed E-state index contributed by atoms with van der Waals surface area (Å²) in [5.74, 6) is 4.35. The molecule has 17 heavy (non-hydrogen) atoms. The molecule has 0 heterocycles. The highest BCUT2D eigenvalue weighted by Gasteiger charge is 2.10. The summed E-state index contributed by atoms with van der Waals surface area (Å²) in [5, 5.41) is 0.932. The molecule has 0 aliphatic heterocycles. The minimum Gasteiger partial charge on any atom is -0.461 e. The van der Waals surface area contributed by atoms with Crippen LogP contribution in [0.4, 0.5) is 10.1 Å². The summed E-state index contributed by atoms with van der Waals surface area (Å²) in [4.78, 5) is 11.2. The van der Waals surface area contributed by atoms with Crippen molar-refractivity contribution in [2.75, 3.05) is 11.6 Å². The van der Waals surface area contributed by atoms with Gasteiger partial charge in [0.2, 0.25) is 0 Å². The molecule has 0 unspecified atom stereocenters.